The van der Waals surface area contributed by atoms with Gasteiger partial charge in [-0.3, -0.25) is 20.4 Å². The van der Waals surface area contributed by atoms with Crippen LogP contribution in [0.4, 0.5) is 4.79 Å². The second-order valence-electron chi connectivity index (χ2n) is 5.30. The van der Waals surface area contributed by atoms with E-state index in [2.05, 4.69) is 10.9 Å². The van der Waals surface area contributed by atoms with Crippen LogP contribution in [0.2, 0.25) is 0 Å². The number of hydrogen-bond acceptors (Lipinski definition) is 3. The van der Waals surface area contributed by atoms with Crippen molar-refractivity contribution in [3.63, 3.8) is 0 Å². The van der Waals surface area contributed by atoms with E-state index < -0.39 is 6.09 Å². The van der Waals surface area contributed by atoms with Crippen molar-refractivity contribution in [2.75, 3.05) is 13.1 Å². The number of carbonyl (C=O) groups excluding carboxylic acids is 2. The van der Waals surface area contributed by atoms with Gasteiger partial charge >= 0.3 is 6.09 Å². The standard InChI is InChI=1S/C15H19N3O4/c1-10-4-2-3-5-12(10)14(20)17-16-13(19)11-6-8-18(9-7-11)15(21)22/h2-5,11H,6-9H2,1H3,(H,16,19)(H,17,20)(H,21,22). The first-order valence-corrected chi connectivity index (χ1v) is 7.12. The molecule has 1 aliphatic rings. The first kappa shape index (κ1) is 15.8. The summed E-state index contributed by atoms with van der Waals surface area (Å²) >= 11 is 0. The quantitative estimate of drug-likeness (QED) is 0.714. The van der Waals surface area contributed by atoms with Gasteiger partial charge in [-0.15, -0.1) is 0 Å². The molecule has 0 bridgehead atoms. The molecule has 0 aliphatic carbocycles. The van der Waals surface area contributed by atoms with Crippen LogP contribution < -0.4 is 10.9 Å². The lowest BCUT2D eigenvalue weighted by molar-refractivity contribution is -0.127. The van der Waals surface area contributed by atoms with Crippen LogP contribution in [-0.2, 0) is 4.79 Å². The Kier molecular flexibility index (Phi) is 4.98. The molecular formula is C15H19N3O4. The van der Waals surface area contributed by atoms with Crippen molar-refractivity contribution in [2.45, 2.75) is 19.8 Å². The molecule has 3 N–H and O–H groups in total. The maximum Gasteiger partial charge on any atom is 0.407 e. The Bertz CT molecular complexity index is 580. The summed E-state index contributed by atoms with van der Waals surface area (Å²) in [7, 11) is 0. The second-order valence-corrected chi connectivity index (χ2v) is 5.30. The van der Waals surface area contributed by atoms with Gasteiger partial charge in [-0.2, -0.15) is 0 Å². The molecule has 1 aromatic rings. The lowest BCUT2D eigenvalue weighted by Gasteiger charge is -2.29. The largest absolute Gasteiger partial charge is 0.465 e. The number of nitrogens with one attached hydrogen (secondary N) is 2. The molecule has 1 aliphatic heterocycles. The normalized spacial score (nSPS) is 15.2. The average Bonchev–Trinajstić information content (AvgIpc) is 2.52. The van der Waals surface area contributed by atoms with Gasteiger partial charge in [-0.05, 0) is 31.4 Å². The van der Waals surface area contributed by atoms with E-state index in [4.69, 9.17) is 5.11 Å². The van der Waals surface area contributed by atoms with Gasteiger partial charge in [-0.1, -0.05) is 18.2 Å². The van der Waals surface area contributed by atoms with Gasteiger partial charge in [0.2, 0.25) is 5.91 Å². The molecule has 0 saturated carbocycles. The fourth-order valence-electron chi connectivity index (χ4n) is 2.45. The molecular weight excluding hydrogens is 286 g/mol. The summed E-state index contributed by atoms with van der Waals surface area (Å²) < 4.78 is 0. The number of piperidine rings is 1. The van der Waals surface area contributed by atoms with Crippen molar-refractivity contribution in [1.82, 2.24) is 15.8 Å². The molecule has 0 aromatic heterocycles. The zero-order valence-corrected chi connectivity index (χ0v) is 12.3. The van der Waals surface area contributed by atoms with Crippen molar-refractivity contribution in [3.05, 3.63) is 35.4 Å². The minimum absolute atomic E-state index is 0.284. The Morgan fingerprint density at radius 3 is 2.36 bits per heavy atom. The summed E-state index contributed by atoms with van der Waals surface area (Å²) in [4.78, 5) is 36.1. The van der Waals surface area contributed by atoms with Crippen LogP contribution in [0.5, 0.6) is 0 Å². The van der Waals surface area contributed by atoms with E-state index in [1.165, 1.54) is 4.90 Å². The van der Waals surface area contributed by atoms with E-state index in [1.807, 2.05) is 19.1 Å². The van der Waals surface area contributed by atoms with Crippen molar-refractivity contribution in [2.24, 2.45) is 5.92 Å². The molecule has 0 radical (unpaired) electrons. The van der Waals surface area contributed by atoms with Gasteiger partial charge in [-0.25, -0.2) is 4.79 Å². The van der Waals surface area contributed by atoms with Gasteiger partial charge in [0.15, 0.2) is 0 Å². The third-order valence-electron chi connectivity index (χ3n) is 3.83. The van der Waals surface area contributed by atoms with Crippen molar-refractivity contribution >= 4 is 17.9 Å². The van der Waals surface area contributed by atoms with Crippen LogP contribution in [0.1, 0.15) is 28.8 Å². The topological polar surface area (TPSA) is 98.7 Å². The Morgan fingerprint density at radius 2 is 1.77 bits per heavy atom. The maximum atomic E-state index is 12.0. The van der Waals surface area contributed by atoms with Gasteiger partial charge in [0.05, 0.1) is 0 Å². The van der Waals surface area contributed by atoms with E-state index in [9.17, 15) is 14.4 Å². The van der Waals surface area contributed by atoms with Crippen LogP contribution in [-0.4, -0.2) is 41.0 Å². The summed E-state index contributed by atoms with van der Waals surface area (Å²) in [6.07, 6.45) is -0.0526. The third kappa shape index (κ3) is 3.75. The van der Waals surface area contributed by atoms with Crippen molar-refractivity contribution in [1.29, 1.82) is 0 Å². The van der Waals surface area contributed by atoms with E-state index in [-0.39, 0.29) is 17.7 Å². The van der Waals surface area contributed by atoms with Crippen LogP contribution in [0.15, 0.2) is 24.3 Å². The molecule has 3 amide bonds. The molecule has 118 valence electrons. The number of carbonyl (C=O) groups is 3. The molecule has 7 nitrogen and oxygen atoms in total. The number of likely N-dealkylation sites (tertiary alicyclic amines) is 1. The third-order valence-corrected chi connectivity index (χ3v) is 3.83. The number of rotatable bonds is 2. The number of benzene rings is 1. The zero-order chi connectivity index (χ0) is 16.1. The number of aryl methyl sites for hydroxylation is 1. The minimum atomic E-state index is -0.966. The van der Waals surface area contributed by atoms with Crippen molar-refractivity contribution < 1.29 is 19.5 Å². The molecule has 1 saturated heterocycles. The van der Waals surface area contributed by atoms with Gasteiger partial charge < -0.3 is 10.0 Å². The van der Waals surface area contributed by atoms with Crippen LogP contribution >= 0.6 is 0 Å². The summed E-state index contributed by atoms with van der Waals surface area (Å²) in [5.41, 5.74) is 6.15. The Hall–Kier alpha value is -2.57. The number of carboxylic acid groups (broad SMARTS) is 1. The average molecular weight is 305 g/mol. The van der Waals surface area contributed by atoms with Crippen LogP contribution in [0.3, 0.4) is 0 Å². The minimum Gasteiger partial charge on any atom is -0.465 e. The maximum absolute atomic E-state index is 12.0. The number of hydrazine groups is 1. The van der Waals surface area contributed by atoms with E-state index in [1.54, 1.807) is 12.1 Å². The Labute approximate surface area is 128 Å². The van der Waals surface area contributed by atoms with Crippen LogP contribution in [0, 0.1) is 12.8 Å². The molecule has 0 unspecified atom stereocenters. The fourth-order valence-corrected chi connectivity index (χ4v) is 2.45. The summed E-state index contributed by atoms with van der Waals surface area (Å²) in [6.45, 7) is 2.48. The first-order valence-electron chi connectivity index (χ1n) is 7.12. The lowest BCUT2D eigenvalue weighted by Crippen LogP contribution is -2.48. The molecule has 1 aromatic carbocycles. The highest BCUT2D eigenvalue weighted by molar-refractivity contribution is 5.96. The van der Waals surface area contributed by atoms with E-state index in [0.29, 0.717) is 31.5 Å². The molecule has 0 spiro atoms. The summed E-state index contributed by atoms with van der Waals surface area (Å²) in [6, 6.07) is 7.09. The van der Waals surface area contributed by atoms with Gasteiger partial charge in [0.25, 0.3) is 5.91 Å². The molecule has 2 rings (SSSR count). The van der Waals surface area contributed by atoms with E-state index in [0.717, 1.165) is 5.56 Å². The number of amides is 3. The SMILES string of the molecule is Cc1ccccc1C(=O)NNC(=O)C1CCN(C(=O)O)CC1. The van der Waals surface area contributed by atoms with Gasteiger partial charge in [0.1, 0.15) is 0 Å². The van der Waals surface area contributed by atoms with Crippen molar-refractivity contribution in [3.8, 4) is 0 Å². The molecule has 22 heavy (non-hydrogen) atoms. The lowest BCUT2D eigenvalue weighted by atomic mass is 9.96. The highest BCUT2D eigenvalue weighted by atomic mass is 16.4. The molecule has 1 fully saturated rings. The highest BCUT2D eigenvalue weighted by Gasteiger charge is 2.27. The summed E-state index contributed by atoms with van der Waals surface area (Å²) in [5, 5.41) is 8.86. The Morgan fingerprint density at radius 1 is 1.14 bits per heavy atom. The summed E-state index contributed by atoms with van der Waals surface area (Å²) in [5.74, 6) is -0.936. The second kappa shape index (κ2) is 6.93. The molecule has 1 heterocycles. The van der Waals surface area contributed by atoms with E-state index >= 15 is 0 Å². The highest BCUT2D eigenvalue weighted by Crippen LogP contribution is 2.17. The monoisotopic (exact) mass is 305 g/mol. The number of hydrogen-bond donors (Lipinski definition) is 3. The molecule has 0 atom stereocenters. The predicted molar refractivity (Wildman–Crippen MR) is 79.1 cm³/mol. The Balaban J connectivity index is 1.82. The zero-order valence-electron chi connectivity index (χ0n) is 12.3. The first-order chi connectivity index (χ1) is 10.5. The molecule has 7 heteroatoms. The predicted octanol–water partition coefficient (Wildman–Crippen LogP) is 1.15. The number of nitrogens with zero attached hydrogens (tertiary/aromatic N) is 1. The van der Waals surface area contributed by atoms with Gasteiger partial charge in [0, 0.05) is 24.6 Å². The smallest absolute Gasteiger partial charge is 0.407 e. The fraction of sp³-hybridized carbons (Fsp3) is 0.400. The van der Waals surface area contributed by atoms with Crippen LogP contribution in [0.25, 0.3) is 0 Å².